The van der Waals surface area contributed by atoms with Crippen LogP contribution in [-0.4, -0.2) is 48.0 Å². The van der Waals surface area contributed by atoms with E-state index in [1.807, 2.05) is 13.8 Å². The molecule has 1 saturated heterocycles. The van der Waals surface area contributed by atoms with E-state index in [2.05, 4.69) is 11.4 Å². The number of nitriles is 1. The molecule has 2 aliphatic rings. The van der Waals surface area contributed by atoms with Crippen molar-refractivity contribution in [2.75, 3.05) is 26.4 Å². The van der Waals surface area contributed by atoms with Gasteiger partial charge >= 0.3 is 5.97 Å². The number of rotatable bonds is 6. The molecule has 1 N–H and O–H groups in total. The van der Waals surface area contributed by atoms with E-state index in [4.69, 9.17) is 19.8 Å². The van der Waals surface area contributed by atoms with Crippen LogP contribution in [-0.2, 0) is 28.9 Å². The summed E-state index contributed by atoms with van der Waals surface area (Å²) in [5, 5.41) is 17.0. The monoisotopic (exact) mass is 450 g/mol. The van der Waals surface area contributed by atoms with Gasteiger partial charge in [0.15, 0.2) is 0 Å². The lowest BCUT2D eigenvalue weighted by Gasteiger charge is -2.36. The molecule has 33 heavy (non-hydrogen) atoms. The molecule has 0 unspecified atom stereocenters. The summed E-state index contributed by atoms with van der Waals surface area (Å²) in [6.07, 6.45) is 3.87. The van der Waals surface area contributed by atoms with E-state index >= 15 is 0 Å². The molecule has 1 fully saturated rings. The predicted molar refractivity (Wildman–Crippen MR) is 121 cm³/mol. The Labute approximate surface area is 193 Å². The van der Waals surface area contributed by atoms with E-state index in [0.717, 1.165) is 36.1 Å². The Morgan fingerprint density at radius 2 is 2.12 bits per heavy atom. The van der Waals surface area contributed by atoms with Crippen LogP contribution < -0.4 is 5.32 Å². The number of aryl methyl sites for hydroxylation is 3. The van der Waals surface area contributed by atoms with Crippen molar-refractivity contribution in [2.24, 2.45) is 5.41 Å². The average molecular weight is 451 g/mol. The van der Waals surface area contributed by atoms with Crippen molar-refractivity contribution < 1.29 is 19.1 Å². The number of esters is 1. The van der Waals surface area contributed by atoms with Gasteiger partial charge in [0.2, 0.25) is 0 Å². The van der Waals surface area contributed by atoms with Gasteiger partial charge in [-0.1, -0.05) is 0 Å². The van der Waals surface area contributed by atoms with Crippen LogP contribution in [0.1, 0.15) is 69.4 Å². The maximum atomic E-state index is 12.9. The summed E-state index contributed by atoms with van der Waals surface area (Å²) >= 11 is 0. The molecule has 1 aromatic carbocycles. The fourth-order valence-electron chi connectivity index (χ4n) is 4.82. The molecule has 0 saturated carbocycles. The molecule has 0 radical (unpaired) electrons. The van der Waals surface area contributed by atoms with Gasteiger partial charge in [0.25, 0.3) is 5.91 Å². The van der Waals surface area contributed by atoms with Crippen LogP contribution in [0.4, 0.5) is 0 Å². The highest BCUT2D eigenvalue weighted by Crippen LogP contribution is 2.37. The second kappa shape index (κ2) is 9.75. The van der Waals surface area contributed by atoms with Crippen molar-refractivity contribution in [3.05, 3.63) is 51.8 Å². The van der Waals surface area contributed by atoms with Gasteiger partial charge in [0.05, 0.1) is 29.5 Å². The minimum atomic E-state index is -0.436. The van der Waals surface area contributed by atoms with E-state index in [1.54, 1.807) is 22.9 Å². The van der Waals surface area contributed by atoms with Crippen molar-refractivity contribution in [3.63, 3.8) is 0 Å². The molecule has 3 heterocycles. The molecule has 0 bridgehead atoms. The first-order chi connectivity index (χ1) is 15.9. The molecular formula is C25H30N4O4. The first-order valence-electron chi connectivity index (χ1n) is 11.6. The van der Waals surface area contributed by atoms with Crippen LogP contribution in [0.2, 0.25) is 0 Å². The minimum Gasteiger partial charge on any atom is -0.462 e. The number of aromatic nitrogens is 2. The highest BCUT2D eigenvalue weighted by molar-refractivity contribution is 5.95. The van der Waals surface area contributed by atoms with Gasteiger partial charge in [-0.05, 0) is 75.1 Å². The van der Waals surface area contributed by atoms with Gasteiger partial charge in [-0.2, -0.15) is 10.4 Å². The third-order valence-electron chi connectivity index (χ3n) is 6.61. The van der Waals surface area contributed by atoms with E-state index in [-0.39, 0.29) is 17.9 Å². The molecule has 1 aromatic heterocycles. The van der Waals surface area contributed by atoms with E-state index < -0.39 is 5.97 Å². The smallest absolute Gasteiger partial charge is 0.338 e. The Hall–Kier alpha value is -3.18. The molecule has 2 aliphatic heterocycles. The topological polar surface area (TPSA) is 106 Å². The van der Waals surface area contributed by atoms with Crippen LogP contribution in [0.3, 0.4) is 0 Å². The zero-order valence-electron chi connectivity index (χ0n) is 19.3. The molecular weight excluding hydrogens is 420 g/mol. The lowest BCUT2D eigenvalue weighted by atomic mass is 9.75. The van der Waals surface area contributed by atoms with Crippen molar-refractivity contribution >= 4 is 11.9 Å². The molecule has 2 aromatic rings. The van der Waals surface area contributed by atoms with Gasteiger partial charge in [0.1, 0.15) is 5.69 Å². The fourth-order valence-corrected chi connectivity index (χ4v) is 4.82. The third-order valence-corrected chi connectivity index (χ3v) is 6.61. The largest absolute Gasteiger partial charge is 0.462 e. The maximum Gasteiger partial charge on any atom is 0.338 e. The van der Waals surface area contributed by atoms with Crippen LogP contribution in [0, 0.1) is 23.7 Å². The van der Waals surface area contributed by atoms with Crippen molar-refractivity contribution in [2.45, 2.75) is 52.5 Å². The number of amides is 1. The molecule has 174 valence electrons. The zero-order chi connectivity index (χ0) is 23.4. The first-order valence-corrected chi connectivity index (χ1v) is 11.6. The Kier molecular flexibility index (Phi) is 6.80. The quantitative estimate of drug-likeness (QED) is 0.536. The number of carbonyl (C=O) groups is 2. The van der Waals surface area contributed by atoms with Gasteiger partial charge in [-0.25, -0.2) is 4.79 Å². The van der Waals surface area contributed by atoms with Gasteiger partial charge in [-0.15, -0.1) is 0 Å². The molecule has 1 spiro atoms. The van der Waals surface area contributed by atoms with Crippen LogP contribution >= 0.6 is 0 Å². The fraction of sp³-hybridized carbons (Fsp3) is 0.520. The van der Waals surface area contributed by atoms with Crippen LogP contribution in [0.15, 0.2) is 18.2 Å². The Bertz CT molecular complexity index is 1090. The van der Waals surface area contributed by atoms with E-state index in [1.165, 1.54) is 0 Å². The second-order valence-electron chi connectivity index (χ2n) is 9.00. The molecule has 8 heteroatoms. The number of benzene rings is 1. The summed E-state index contributed by atoms with van der Waals surface area (Å²) in [6, 6.07) is 7.06. The van der Waals surface area contributed by atoms with Crippen molar-refractivity contribution in [1.82, 2.24) is 15.1 Å². The maximum absolute atomic E-state index is 12.9. The Balaban J connectivity index is 1.45. The Morgan fingerprint density at radius 1 is 1.33 bits per heavy atom. The number of fused-ring (bicyclic) bond motifs is 1. The van der Waals surface area contributed by atoms with Gasteiger partial charge < -0.3 is 14.8 Å². The molecule has 8 nitrogen and oxygen atoms in total. The van der Waals surface area contributed by atoms with Gasteiger partial charge in [0, 0.05) is 31.9 Å². The highest BCUT2D eigenvalue weighted by atomic mass is 16.5. The van der Waals surface area contributed by atoms with Crippen LogP contribution in [0.25, 0.3) is 0 Å². The number of carbonyl (C=O) groups excluding carboxylic acids is 2. The Morgan fingerprint density at radius 3 is 2.85 bits per heavy atom. The van der Waals surface area contributed by atoms with Gasteiger partial charge in [-0.3, -0.25) is 9.48 Å². The van der Waals surface area contributed by atoms with E-state index in [0.29, 0.717) is 56.0 Å². The summed E-state index contributed by atoms with van der Waals surface area (Å²) in [4.78, 5) is 25.3. The third kappa shape index (κ3) is 4.93. The summed E-state index contributed by atoms with van der Waals surface area (Å²) in [6.45, 7) is 6.78. The molecule has 0 aliphatic carbocycles. The summed E-state index contributed by atoms with van der Waals surface area (Å²) in [7, 11) is 0. The van der Waals surface area contributed by atoms with Crippen molar-refractivity contribution in [1.29, 1.82) is 5.26 Å². The summed E-state index contributed by atoms with van der Waals surface area (Å²) in [5.41, 5.74) is 4.27. The number of hydrogen-bond acceptors (Lipinski definition) is 6. The number of ether oxygens (including phenoxy) is 2. The SMILES string of the molecule is CCn1nc(CCCOC(=O)c2cc(C)cc(C#N)c2)c2c1C(=O)NCC1(CCOCC1)C2. The lowest BCUT2D eigenvalue weighted by Crippen LogP contribution is -2.40. The summed E-state index contributed by atoms with van der Waals surface area (Å²) < 4.78 is 12.8. The second-order valence-corrected chi connectivity index (χ2v) is 9.00. The molecule has 4 rings (SSSR count). The minimum absolute atomic E-state index is 0.00555. The molecule has 1 amide bonds. The first kappa shape index (κ1) is 23.0. The normalized spacial score (nSPS) is 17.1. The number of nitrogens with one attached hydrogen (secondary N) is 1. The highest BCUT2D eigenvalue weighted by Gasteiger charge is 2.39. The average Bonchev–Trinajstić information content (AvgIpc) is 3.10. The van der Waals surface area contributed by atoms with Crippen LogP contribution in [0.5, 0.6) is 0 Å². The number of hydrogen-bond donors (Lipinski definition) is 1. The lowest BCUT2D eigenvalue weighted by molar-refractivity contribution is 0.0160. The van der Waals surface area contributed by atoms with E-state index in [9.17, 15) is 9.59 Å². The predicted octanol–water partition coefficient (Wildman–Crippen LogP) is 2.96. The zero-order valence-corrected chi connectivity index (χ0v) is 19.3. The summed E-state index contributed by atoms with van der Waals surface area (Å²) in [5.74, 6) is -0.498. The number of nitrogens with zero attached hydrogens (tertiary/aromatic N) is 3. The standard InChI is InChI=1S/C25H30N4O4/c1-3-29-22-20(14-25(16-27-23(22)30)6-9-32-10-7-25)21(28-29)5-4-8-33-24(31)19-12-17(2)11-18(13-19)15-26/h11-13H,3-10,14,16H2,1-2H3,(H,27,30). The van der Waals surface area contributed by atoms with Crippen molar-refractivity contribution in [3.8, 4) is 6.07 Å². The molecule has 0 atom stereocenters.